The molecule has 0 aromatic rings. The Balaban J connectivity index is 2.28. The molecule has 0 bridgehead atoms. The van der Waals surface area contributed by atoms with Gasteiger partial charge in [0.1, 0.15) is 0 Å². The Kier molecular flexibility index (Phi) is 1.30. The zero-order valence-electron chi connectivity index (χ0n) is 4.35. The molecule has 1 saturated carbocycles. The highest BCUT2D eigenvalue weighted by atomic mass is 32.1. The second-order valence-corrected chi connectivity index (χ2v) is 2.68. The SMILES string of the molecule is NCC1(CS)CC1. The van der Waals surface area contributed by atoms with Crippen molar-refractivity contribution in [1.82, 2.24) is 0 Å². The predicted molar refractivity (Wildman–Crippen MR) is 34.6 cm³/mol. The number of rotatable bonds is 2. The maximum absolute atomic E-state index is 5.43. The van der Waals surface area contributed by atoms with Crippen LogP contribution >= 0.6 is 12.6 Å². The number of hydrogen-bond donors (Lipinski definition) is 2. The fourth-order valence-electron chi connectivity index (χ4n) is 0.604. The van der Waals surface area contributed by atoms with Gasteiger partial charge in [0, 0.05) is 0 Å². The lowest BCUT2D eigenvalue weighted by Crippen LogP contribution is -2.16. The Morgan fingerprint density at radius 1 is 1.57 bits per heavy atom. The molecule has 1 aliphatic carbocycles. The minimum absolute atomic E-state index is 0.475. The Bertz CT molecular complexity index is 62.5. The molecule has 0 heterocycles. The molecule has 0 radical (unpaired) electrons. The minimum Gasteiger partial charge on any atom is -0.330 e. The van der Waals surface area contributed by atoms with Crippen LogP contribution in [0, 0.1) is 5.41 Å². The summed E-state index contributed by atoms with van der Waals surface area (Å²) in [5.74, 6) is 0.976. The zero-order valence-corrected chi connectivity index (χ0v) is 5.25. The van der Waals surface area contributed by atoms with Crippen LogP contribution in [0.1, 0.15) is 12.8 Å². The quantitative estimate of drug-likeness (QED) is 0.510. The summed E-state index contributed by atoms with van der Waals surface area (Å²) in [4.78, 5) is 0. The lowest BCUT2D eigenvalue weighted by atomic mass is 10.1. The van der Waals surface area contributed by atoms with E-state index in [1.54, 1.807) is 0 Å². The third kappa shape index (κ3) is 0.916. The van der Waals surface area contributed by atoms with E-state index in [1.807, 2.05) is 0 Å². The molecule has 0 saturated heterocycles. The molecule has 0 spiro atoms. The van der Waals surface area contributed by atoms with Crippen LogP contribution in [0.15, 0.2) is 0 Å². The molecule has 2 N–H and O–H groups in total. The number of nitrogens with two attached hydrogens (primary N) is 1. The maximum atomic E-state index is 5.43. The van der Waals surface area contributed by atoms with Crippen molar-refractivity contribution >= 4 is 12.6 Å². The van der Waals surface area contributed by atoms with Crippen molar-refractivity contribution in [3.8, 4) is 0 Å². The van der Waals surface area contributed by atoms with Crippen LogP contribution < -0.4 is 5.73 Å². The number of hydrogen-bond acceptors (Lipinski definition) is 2. The van der Waals surface area contributed by atoms with Gasteiger partial charge in [0.2, 0.25) is 0 Å². The topological polar surface area (TPSA) is 26.0 Å². The van der Waals surface area contributed by atoms with Gasteiger partial charge in [-0.25, -0.2) is 0 Å². The fourth-order valence-corrected chi connectivity index (χ4v) is 1.05. The van der Waals surface area contributed by atoms with E-state index in [-0.39, 0.29) is 0 Å². The average molecular weight is 117 g/mol. The van der Waals surface area contributed by atoms with Gasteiger partial charge in [-0.1, -0.05) is 0 Å². The van der Waals surface area contributed by atoms with Crippen molar-refractivity contribution in [1.29, 1.82) is 0 Å². The highest BCUT2D eigenvalue weighted by Crippen LogP contribution is 2.44. The Morgan fingerprint density at radius 3 is 2.14 bits per heavy atom. The molecule has 42 valence electrons. The van der Waals surface area contributed by atoms with Crippen molar-refractivity contribution in [2.45, 2.75) is 12.8 Å². The summed E-state index contributed by atoms with van der Waals surface area (Å²) in [6.45, 7) is 0.830. The summed E-state index contributed by atoms with van der Waals surface area (Å²) in [5, 5.41) is 0. The van der Waals surface area contributed by atoms with Gasteiger partial charge in [-0.05, 0) is 30.6 Å². The molecule has 1 fully saturated rings. The highest BCUT2D eigenvalue weighted by Gasteiger charge is 2.39. The molecule has 1 aliphatic rings. The van der Waals surface area contributed by atoms with Crippen molar-refractivity contribution in [3.63, 3.8) is 0 Å². The van der Waals surface area contributed by atoms with Crippen molar-refractivity contribution in [3.05, 3.63) is 0 Å². The first-order valence-corrected chi connectivity index (χ1v) is 3.27. The van der Waals surface area contributed by atoms with E-state index in [4.69, 9.17) is 5.73 Å². The first kappa shape index (κ1) is 5.45. The van der Waals surface area contributed by atoms with Crippen LogP contribution in [0.4, 0.5) is 0 Å². The molecule has 0 atom stereocenters. The molecule has 0 amide bonds. The second-order valence-electron chi connectivity index (χ2n) is 2.36. The molecule has 7 heavy (non-hydrogen) atoms. The van der Waals surface area contributed by atoms with Gasteiger partial charge in [0.15, 0.2) is 0 Å². The van der Waals surface area contributed by atoms with Gasteiger partial charge in [-0.2, -0.15) is 12.6 Å². The van der Waals surface area contributed by atoms with Gasteiger partial charge >= 0.3 is 0 Å². The van der Waals surface area contributed by atoms with Gasteiger partial charge in [0.05, 0.1) is 0 Å². The molecule has 0 aliphatic heterocycles. The van der Waals surface area contributed by atoms with Crippen LogP contribution in [0.3, 0.4) is 0 Å². The van der Waals surface area contributed by atoms with E-state index in [0.717, 1.165) is 12.3 Å². The Labute approximate surface area is 49.7 Å². The van der Waals surface area contributed by atoms with E-state index in [1.165, 1.54) is 12.8 Å². The van der Waals surface area contributed by atoms with E-state index in [2.05, 4.69) is 12.6 Å². The fraction of sp³-hybridized carbons (Fsp3) is 1.00. The van der Waals surface area contributed by atoms with Crippen LogP contribution in [0.25, 0.3) is 0 Å². The van der Waals surface area contributed by atoms with E-state index >= 15 is 0 Å². The largest absolute Gasteiger partial charge is 0.330 e. The highest BCUT2D eigenvalue weighted by molar-refractivity contribution is 7.80. The normalized spacial score (nSPS) is 24.9. The van der Waals surface area contributed by atoms with Gasteiger partial charge in [0.25, 0.3) is 0 Å². The molecule has 0 aromatic carbocycles. The molecule has 2 heteroatoms. The Morgan fingerprint density at radius 2 is 2.14 bits per heavy atom. The molecule has 0 aromatic heterocycles. The van der Waals surface area contributed by atoms with Gasteiger partial charge in [-0.15, -0.1) is 0 Å². The van der Waals surface area contributed by atoms with Crippen molar-refractivity contribution < 1.29 is 0 Å². The monoisotopic (exact) mass is 117 g/mol. The third-order valence-corrected chi connectivity index (χ3v) is 2.40. The maximum Gasteiger partial charge on any atom is -0.00127 e. The minimum atomic E-state index is 0.475. The van der Waals surface area contributed by atoms with Crippen molar-refractivity contribution in [2.24, 2.45) is 11.1 Å². The predicted octanol–water partition coefficient (Wildman–Crippen LogP) is 0.655. The van der Waals surface area contributed by atoms with Crippen LogP contribution in [-0.2, 0) is 0 Å². The van der Waals surface area contributed by atoms with E-state index in [0.29, 0.717) is 5.41 Å². The smallest absolute Gasteiger partial charge is 0.00127 e. The molecule has 0 unspecified atom stereocenters. The van der Waals surface area contributed by atoms with Gasteiger partial charge < -0.3 is 5.73 Å². The van der Waals surface area contributed by atoms with Crippen LogP contribution in [0.5, 0.6) is 0 Å². The molecule has 1 nitrogen and oxygen atoms in total. The first-order chi connectivity index (χ1) is 3.33. The summed E-state index contributed by atoms with van der Waals surface area (Å²) in [7, 11) is 0. The average Bonchev–Trinajstić information content (AvgIpc) is 2.46. The summed E-state index contributed by atoms with van der Waals surface area (Å²) < 4.78 is 0. The second kappa shape index (κ2) is 1.67. The summed E-state index contributed by atoms with van der Waals surface area (Å²) in [6, 6.07) is 0. The Hall–Kier alpha value is 0.310. The lowest BCUT2D eigenvalue weighted by Gasteiger charge is -2.04. The standard InChI is InChI=1S/C5H11NS/c6-3-5(4-7)1-2-5/h7H,1-4,6H2. The zero-order chi connectivity index (χ0) is 5.33. The molecular weight excluding hydrogens is 106 g/mol. The van der Waals surface area contributed by atoms with Crippen LogP contribution in [-0.4, -0.2) is 12.3 Å². The van der Waals surface area contributed by atoms with Gasteiger partial charge in [-0.3, -0.25) is 0 Å². The molecule has 1 rings (SSSR count). The van der Waals surface area contributed by atoms with E-state index < -0.39 is 0 Å². The third-order valence-electron chi connectivity index (χ3n) is 1.73. The lowest BCUT2D eigenvalue weighted by molar-refractivity contribution is 0.602. The van der Waals surface area contributed by atoms with Crippen LogP contribution in [0.2, 0.25) is 0 Å². The first-order valence-electron chi connectivity index (χ1n) is 2.64. The van der Waals surface area contributed by atoms with E-state index in [9.17, 15) is 0 Å². The van der Waals surface area contributed by atoms with Crippen molar-refractivity contribution in [2.75, 3.05) is 12.3 Å². The summed E-state index contributed by atoms with van der Waals surface area (Å²) in [5.41, 5.74) is 5.91. The number of thiol groups is 1. The summed E-state index contributed by atoms with van der Waals surface area (Å²) >= 11 is 4.16. The summed E-state index contributed by atoms with van der Waals surface area (Å²) in [6.07, 6.45) is 2.60. The molecular formula is C5H11NS.